The van der Waals surface area contributed by atoms with Crippen LogP contribution in [0.25, 0.3) is 0 Å². The lowest BCUT2D eigenvalue weighted by molar-refractivity contribution is -0.116. The molecule has 5 nitrogen and oxygen atoms in total. The average molecular weight is 449 g/mol. The number of nitrogens with zero attached hydrogens (tertiary/aromatic N) is 3. The van der Waals surface area contributed by atoms with Gasteiger partial charge in [-0.3, -0.25) is 9.69 Å². The maximum atomic E-state index is 13.0. The quantitative estimate of drug-likeness (QED) is 0.734. The SMILES string of the molecule is CCc1ccc(C2C(C#N)=C(N)N(c3ccc(Br)cn3)C3=C2C(=O)CCC3)cc1. The van der Waals surface area contributed by atoms with Gasteiger partial charge in [-0.1, -0.05) is 31.2 Å². The Hall–Kier alpha value is -2.91. The molecule has 0 radical (unpaired) electrons. The number of rotatable bonds is 3. The lowest BCUT2D eigenvalue weighted by Gasteiger charge is -2.39. The van der Waals surface area contributed by atoms with E-state index in [2.05, 4.69) is 46.0 Å². The van der Waals surface area contributed by atoms with Crippen molar-refractivity contribution in [1.29, 1.82) is 5.26 Å². The normalized spacial score (nSPS) is 19.3. The molecule has 0 amide bonds. The average Bonchev–Trinajstić information content (AvgIpc) is 2.74. The van der Waals surface area contributed by atoms with Gasteiger partial charge in [-0.25, -0.2) is 4.98 Å². The maximum Gasteiger partial charge on any atom is 0.161 e. The molecule has 1 aromatic carbocycles. The summed E-state index contributed by atoms with van der Waals surface area (Å²) in [6.07, 6.45) is 4.60. The van der Waals surface area contributed by atoms with Gasteiger partial charge in [0.05, 0.1) is 17.6 Å². The Balaban J connectivity index is 1.92. The molecule has 1 unspecified atom stereocenters. The molecule has 29 heavy (non-hydrogen) atoms. The summed E-state index contributed by atoms with van der Waals surface area (Å²) in [5.41, 5.74) is 10.6. The number of aryl methyl sites for hydroxylation is 1. The molecule has 146 valence electrons. The molecule has 0 bridgehead atoms. The highest BCUT2D eigenvalue weighted by atomic mass is 79.9. The maximum absolute atomic E-state index is 13.0. The van der Waals surface area contributed by atoms with E-state index < -0.39 is 5.92 Å². The van der Waals surface area contributed by atoms with Gasteiger partial charge in [0, 0.05) is 28.4 Å². The lowest BCUT2D eigenvalue weighted by Crippen LogP contribution is -2.39. The molecule has 1 atom stereocenters. The van der Waals surface area contributed by atoms with Gasteiger partial charge in [0.2, 0.25) is 0 Å². The van der Waals surface area contributed by atoms with E-state index in [1.807, 2.05) is 24.3 Å². The molecule has 0 fully saturated rings. The fourth-order valence-electron chi connectivity index (χ4n) is 4.13. The van der Waals surface area contributed by atoms with E-state index in [1.54, 1.807) is 11.1 Å². The molecule has 2 N–H and O–H groups in total. The first kappa shape index (κ1) is 19.4. The van der Waals surface area contributed by atoms with E-state index in [9.17, 15) is 10.1 Å². The zero-order valence-corrected chi connectivity index (χ0v) is 17.7. The van der Waals surface area contributed by atoms with Crippen molar-refractivity contribution in [3.8, 4) is 6.07 Å². The van der Waals surface area contributed by atoms with Gasteiger partial charge in [-0.2, -0.15) is 5.26 Å². The molecule has 6 heteroatoms. The molecule has 1 aliphatic heterocycles. The number of halogens is 1. The van der Waals surface area contributed by atoms with Crippen LogP contribution in [-0.2, 0) is 11.2 Å². The number of aromatic nitrogens is 1. The fourth-order valence-corrected chi connectivity index (χ4v) is 4.36. The number of nitriles is 1. The predicted molar refractivity (Wildman–Crippen MR) is 116 cm³/mol. The number of carbonyl (C=O) groups excluding carboxylic acids is 1. The third kappa shape index (κ3) is 3.36. The highest BCUT2D eigenvalue weighted by Gasteiger charge is 2.40. The number of hydrogen-bond acceptors (Lipinski definition) is 5. The minimum atomic E-state index is -0.430. The zero-order valence-electron chi connectivity index (χ0n) is 16.2. The van der Waals surface area contributed by atoms with E-state index in [4.69, 9.17) is 5.73 Å². The van der Waals surface area contributed by atoms with Crippen LogP contribution in [0.2, 0.25) is 0 Å². The first-order valence-corrected chi connectivity index (χ1v) is 10.5. The molecule has 1 aromatic heterocycles. The fraction of sp³-hybridized carbons (Fsp3) is 0.261. The van der Waals surface area contributed by atoms with Crippen LogP contribution >= 0.6 is 15.9 Å². The van der Waals surface area contributed by atoms with Crippen molar-refractivity contribution >= 4 is 27.5 Å². The van der Waals surface area contributed by atoms with Crippen molar-refractivity contribution in [1.82, 2.24) is 4.98 Å². The highest BCUT2D eigenvalue weighted by molar-refractivity contribution is 9.10. The number of allylic oxidation sites excluding steroid dienone is 3. The van der Waals surface area contributed by atoms with Crippen LogP contribution in [0.15, 0.2) is 69.7 Å². The molecule has 2 aromatic rings. The minimum Gasteiger partial charge on any atom is -0.384 e. The third-order valence-corrected chi connectivity index (χ3v) is 6.04. The summed E-state index contributed by atoms with van der Waals surface area (Å²) in [7, 11) is 0. The predicted octanol–water partition coefficient (Wildman–Crippen LogP) is 4.71. The number of pyridine rings is 1. The molecular weight excluding hydrogens is 428 g/mol. The van der Waals surface area contributed by atoms with Crippen LogP contribution in [0.4, 0.5) is 5.82 Å². The monoisotopic (exact) mass is 448 g/mol. The van der Waals surface area contributed by atoms with Gasteiger partial charge in [-0.05, 0) is 58.5 Å². The first-order valence-electron chi connectivity index (χ1n) is 9.71. The standard InChI is InChI=1S/C23H21BrN4O/c1-2-14-6-8-15(9-7-14)21-17(12-25)23(26)28(20-11-10-16(24)13-27-20)18-4-3-5-19(29)22(18)21/h6-11,13,21H,2-5,26H2,1H3. The summed E-state index contributed by atoms with van der Waals surface area (Å²) in [5, 5.41) is 10.0. The second-order valence-corrected chi connectivity index (χ2v) is 8.16. The summed E-state index contributed by atoms with van der Waals surface area (Å²) >= 11 is 3.40. The van der Waals surface area contributed by atoms with Crippen molar-refractivity contribution in [2.75, 3.05) is 4.90 Å². The van der Waals surface area contributed by atoms with Crippen LogP contribution in [0.1, 0.15) is 43.2 Å². The molecule has 0 saturated carbocycles. The van der Waals surface area contributed by atoms with Gasteiger partial charge < -0.3 is 5.73 Å². The molecule has 4 rings (SSSR count). The summed E-state index contributed by atoms with van der Waals surface area (Å²) < 4.78 is 0.851. The second-order valence-electron chi connectivity index (χ2n) is 7.25. The van der Waals surface area contributed by atoms with E-state index in [0.29, 0.717) is 29.2 Å². The number of benzene rings is 1. The Bertz CT molecular complexity index is 1060. The van der Waals surface area contributed by atoms with Crippen LogP contribution < -0.4 is 10.6 Å². The van der Waals surface area contributed by atoms with Gasteiger partial charge >= 0.3 is 0 Å². The Morgan fingerprint density at radius 3 is 2.62 bits per heavy atom. The summed E-state index contributed by atoms with van der Waals surface area (Å²) in [4.78, 5) is 19.3. The van der Waals surface area contributed by atoms with Crippen molar-refractivity contribution in [2.45, 2.75) is 38.5 Å². The van der Waals surface area contributed by atoms with Crippen LogP contribution in [0.5, 0.6) is 0 Å². The summed E-state index contributed by atoms with van der Waals surface area (Å²) in [6, 6.07) is 14.1. The number of Topliss-reactive ketones (excluding diaryl/α,β-unsaturated/α-hetero) is 1. The highest BCUT2D eigenvalue weighted by Crippen LogP contribution is 2.45. The lowest BCUT2D eigenvalue weighted by atomic mass is 9.75. The van der Waals surface area contributed by atoms with Crippen LogP contribution in [0, 0.1) is 11.3 Å². The van der Waals surface area contributed by atoms with E-state index in [1.165, 1.54) is 5.56 Å². The molecule has 0 saturated heterocycles. The Morgan fingerprint density at radius 1 is 1.24 bits per heavy atom. The number of hydrogen-bond donors (Lipinski definition) is 1. The van der Waals surface area contributed by atoms with Gasteiger partial charge in [0.1, 0.15) is 11.6 Å². The van der Waals surface area contributed by atoms with Gasteiger partial charge in [0.25, 0.3) is 0 Å². The molecule has 0 spiro atoms. The largest absolute Gasteiger partial charge is 0.384 e. The van der Waals surface area contributed by atoms with E-state index in [0.717, 1.165) is 35.0 Å². The van der Waals surface area contributed by atoms with E-state index >= 15 is 0 Å². The summed E-state index contributed by atoms with van der Waals surface area (Å²) in [6.45, 7) is 2.10. The zero-order chi connectivity index (χ0) is 20.5. The summed E-state index contributed by atoms with van der Waals surface area (Å²) in [5.74, 6) is 0.611. The Kier molecular flexibility index (Phi) is 5.25. The molecular formula is C23H21BrN4O. The smallest absolute Gasteiger partial charge is 0.161 e. The topological polar surface area (TPSA) is 83.0 Å². The first-order chi connectivity index (χ1) is 14.0. The number of nitrogens with two attached hydrogens (primary N) is 1. The van der Waals surface area contributed by atoms with Gasteiger partial charge in [-0.15, -0.1) is 0 Å². The number of anilines is 1. The van der Waals surface area contributed by atoms with Crippen LogP contribution in [-0.4, -0.2) is 10.8 Å². The Morgan fingerprint density at radius 2 is 2.00 bits per heavy atom. The van der Waals surface area contributed by atoms with Crippen molar-refractivity contribution in [3.63, 3.8) is 0 Å². The van der Waals surface area contributed by atoms with Crippen molar-refractivity contribution < 1.29 is 4.79 Å². The van der Waals surface area contributed by atoms with Crippen molar-refractivity contribution in [2.24, 2.45) is 5.73 Å². The van der Waals surface area contributed by atoms with Gasteiger partial charge in [0.15, 0.2) is 5.78 Å². The number of ketones is 1. The number of carbonyl (C=O) groups is 1. The Labute approximate surface area is 178 Å². The van der Waals surface area contributed by atoms with E-state index in [-0.39, 0.29) is 5.78 Å². The third-order valence-electron chi connectivity index (χ3n) is 5.58. The second kappa shape index (κ2) is 7.84. The molecule has 2 heterocycles. The van der Waals surface area contributed by atoms with Crippen molar-refractivity contribution in [3.05, 3.63) is 80.9 Å². The molecule has 2 aliphatic rings. The van der Waals surface area contributed by atoms with Crippen LogP contribution in [0.3, 0.4) is 0 Å². The molecule has 1 aliphatic carbocycles. The minimum absolute atomic E-state index is 0.0816.